The molecule has 1 aliphatic rings. The third kappa shape index (κ3) is 2.75. The van der Waals surface area contributed by atoms with Crippen molar-refractivity contribution in [3.8, 4) is 0 Å². The third-order valence-corrected chi connectivity index (χ3v) is 3.02. The molecule has 1 N–H and O–H groups in total. The van der Waals surface area contributed by atoms with Gasteiger partial charge in [0.1, 0.15) is 0 Å². The molecule has 17 heavy (non-hydrogen) atoms. The molecule has 2 heterocycles. The predicted octanol–water partition coefficient (Wildman–Crippen LogP) is 1.29. The maximum Gasteiger partial charge on any atom is 0.317 e. The number of aryl methyl sites for hydroxylation is 1. The van der Waals surface area contributed by atoms with Gasteiger partial charge in [0.05, 0.1) is 0 Å². The predicted molar refractivity (Wildman–Crippen MR) is 61.7 cm³/mol. The number of nitrogens with zero attached hydrogens (tertiary/aromatic N) is 3. The second-order valence-electron chi connectivity index (χ2n) is 4.27. The van der Waals surface area contributed by atoms with Crippen molar-refractivity contribution >= 4 is 6.03 Å². The van der Waals surface area contributed by atoms with E-state index < -0.39 is 0 Å². The van der Waals surface area contributed by atoms with E-state index in [0.717, 1.165) is 31.8 Å². The molecule has 0 spiro atoms. The van der Waals surface area contributed by atoms with Crippen molar-refractivity contribution in [2.24, 2.45) is 0 Å². The number of carbonyl (C=O) groups is 1. The van der Waals surface area contributed by atoms with E-state index in [2.05, 4.69) is 15.5 Å². The number of piperidine rings is 1. The number of hydrogen-bond donors (Lipinski definition) is 1. The zero-order valence-electron chi connectivity index (χ0n) is 10.3. The number of amides is 2. The highest BCUT2D eigenvalue weighted by Crippen LogP contribution is 2.25. The standard InChI is InChI=1S/C11H18N4O2/c1-3-12-11(16)15-6-4-9(5-7-15)10-13-8(2)17-14-10/h9H,3-7H2,1-2H3,(H,12,16). The summed E-state index contributed by atoms with van der Waals surface area (Å²) in [7, 11) is 0. The lowest BCUT2D eigenvalue weighted by Crippen LogP contribution is -2.44. The molecule has 0 unspecified atom stereocenters. The summed E-state index contributed by atoms with van der Waals surface area (Å²) >= 11 is 0. The number of hydrogen-bond acceptors (Lipinski definition) is 4. The first-order valence-electron chi connectivity index (χ1n) is 6.03. The molecule has 0 bridgehead atoms. The molecule has 0 radical (unpaired) electrons. The molecule has 0 aromatic carbocycles. The highest BCUT2D eigenvalue weighted by molar-refractivity contribution is 5.74. The second kappa shape index (κ2) is 5.16. The lowest BCUT2D eigenvalue weighted by Gasteiger charge is -2.30. The highest BCUT2D eigenvalue weighted by Gasteiger charge is 2.26. The van der Waals surface area contributed by atoms with Crippen LogP contribution in [0.5, 0.6) is 0 Å². The van der Waals surface area contributed by atoms with Gasteiger partial charge in [-0.3, -0.25) is 0 Å². The van der Waals surface area contributed by atoms with E-state index in [1.54, 1.807) is 6.92 Å². The number of urea groups is 1. The van der Waals surface area contributed by atoms with Crippen LogP contribution in [0.3, 0.4) is 0 Å². The van der Waals surface area contributed by atoms with Crippen LogP contribution in [0, 0.1) is 6.92 Å². The quantitative estimate of drug-likeness (QED) is 0.842. The molecule has 0 saturated carbocycles. The van der Waals surface area contributed by atoms with E-state index in [9.17, 15) is 4.79 Å². The van der Waals surface area contributed by atoms with Crippen LogP contribution in [0.4, 0.5) is 4.79 Å². The first-order valence-corrected chi connectivity index (χ1v) is 6.03. The summed E-state index contributed by atoms with van der Waals surface area (Å²) < 4.78 is 4.98. The molecule has 1 aromatic rings. The topological polar surface area (TPSA) is 71.3 Å². The Labute approximate surface area is 100 Å². The van der Waals surface area contributed by atoms with Crippen molar-refractivity contribution < 1.29 is 9.32 Å². The van der Waals surface area contributed by atoms with E-state index >= 15 is 0 Å². The van der Waals surface area contributed by atoms with E-state index in [0.29, 0.717) is 18.4 Å². The minimum Gasteiger partial charge on any atom is -0.340 e. The van der Waals surface area contributed by atoms with E-state index in [-0.39, 0.29) is 6.03 Å². The Kier molecular flexibility index (Phi) is 3.61. The summed E-state index contributed by atoms with van der Waals surface area (Å²) in [6, 6.07) is 0.0234. The fourth-order valence-electron chi connectivity index (χ4n) is 2.08. The average molecular weight is 238 g/mol. The Bertz CT molecular complexity index is 383. The van der Waals surface area contributed by atoms with Gasteiger partial charge in [-0.25, -0.2) is 4.79 Å². The molecule has 1 aliphatic heterocycles. The van der Waals surface area contributed by atoms with Crippen LogP contribution in [0.15, 0.2) is 4.52 Å². The van der Waals surface area contributed by atoms with Gasteiger partial charge in [-0.1, -0.05) is 5.16 Å². The summed E-state index contributed by atoms with van der Waals surface area (Å²) in [5.41, 5.74) is 0. The zero-order chi connectivity index (χ0) is 12.3. The molecule has 0 atom stereocenters. The lowest BCUT2D eigenvalue weighted by atomic mass is 9.96. The molecule has 1 saturated heterocycles. The Morgan fingerprint density at radius 2 is 2.24 bits per heavy atom. The number of carbonyl (C=O) groups excluding carboxylic acids is 1. The molecule has 2 rings (SSSR count). The van der Waals surface area contributed by atoms with Crippen LogP contribution < -0.4 is 5.32 Å². The molecule has 6 nitrogen and oxygen atoms in total. The van der Waals surface area contributed by atoms with Crippen molar-refractivity contribution in [1.29, 1.82) is 0 Å². The first-order chi connectivity index (χ1) is 8.20. The summed E-state index contributed by atoms with van der Waals surface area (Å²) in [6.07, 6.45) is 1.80. The van der Waals surface area contributed by atoms with Crippen molar-refractivity contribution in [3.63, 3.8) is 0 Å². The maximum atomic E-state index is 11.6. The lowest BCUT2D eigenvalue weighted by molar-refractivity contribution is 0.180. The van der Waals surface area contributed by atoms with Gasteiger partial charge in [0.15, 0.2) is 5.82 Å². The zero-order valence-corrected chi connectivity index (χ0v) is 10.3. The Morgan fingerprint density at radius 3 is 2.76 bits per heavy atom. The van der Waals surface area contributed by atoms with Gasteiger partial charge in [0, 0.05) is 32.5 Å². The Hall–Kier alpha value is -1.59. The van der Waals surface area contributed by atoms with Gasteiger partial charge in [-0.2, -0.15) is 4.98 Å². The van der Waals surface area contributed by atoms with Gasteiger partial charge in [-0.05, 0) is 19.8 Å². The summed E-state index contributed by atoms with van der Waals surface area (Å²) in [4.78, 5) is 17.7. The van der Waals surface area contributed by atoms with E-state index in [4.69, 9.17) is 4.52 Å². The summed E-state index contributed by atoms with van der Waals surface area (Å²) in [6.45, 7) is 5.89. The third-order valence-electron chi connectivity index (χ3n) is 3.02. The minimum absolute atomic E-state index is 0.0234. The molecule has 1 fully saturated rings. The fourth-order valence-corrected chi connectivity index (χ4v) is 2.08. The number of aromatic nitrogens is 2. The van der Waals surface area contributed by atoms with Crippen LogP contribution in [0.25, 0.3) is 0 Å². The molecule has 94 valence electrons. The Balaban J connectivity index is 1.88. The molecule has 1 aromatic heterocycles. The number of rotatable bonds is 2. The van der Waals surface area contributed by atoms with Gasteiger partial charge in [0.25, 0.3) is 0 Å². The van der Waals surface area contributed by atoms with Crippen LogP contribution in [-0.4, -0.2) is 40.7 Å². The van der Waals surface area contributed by atoms with Gasteiger partial charge in [-0.15, -0.1) is 0 Å². The van der Waals surface area contributed by atoms with Gasteiger partial charge < -0.3 is 14.7 Å². The number of nitrogens with one attached hydrogen (secondary N) is 1. The maximum absolute atomic E-state index is 11.6. The van der Waals surface area contributed by atoms with Crippen LogP contribution in [0.2, 0.25) is 0 Å². The van der Waals surface area contributed by atoms with Crippen molar-refractivity contribution in [2.45, 2.75) is 32.6 Å². The van der Waals surface area contributed by atoms with Crippen LogP contribution >= 0.6 is 0 Å². The molecule has 2 amide bonds. The highest BCUT2D eigenvalue weighted by atomic mass is 16.5. The smallest absolute Gasteiger partial charge is 0.317 e. The number of likely N-dealkylation sites (tertiary alicyclic amines) is 1. The Morgan fingerprint density at radius 1 is 1.53 bits per heavy atom. The van der Waals surface area contributed by atoms with Crippen LogP contribution in [0.1, 0.15) is 37.4 Å². The van der Waals surface area contributed by atoms with Crippen LogP contribution in [-0.2, 0) is 0 Å². The minimum atomic E-state index is 0.0234. The van der Waals surface area contributed by atoms with Gasteiger partial charge >= 0.3 is 6.03 Å². The normalized spacial score (nSPS) is 17.2. The molecule has 6 heteroatoms. The second-order valence-corrected chi connectivity index (χ2v) is 4.27. The fraction of sp³-hybridized carbons (Fsp3) is 0.727. The molecule has 0 aliphatic carbocycles. The van der Waals surface area contributed by atoms with Gasteiger partial charge in [0.2, 0.25) is 5.89 Å². The SMILES string of the molecule is CCNC(=O)N1CCC(c2noc(C)n2)CC1. The largest absolute Gasteiger partial charge is 0.340 e. The monoisotopic (exact) mass is 238 g/mol. The van der Waals surface area contributed by atoms with E-state index in [1.807, 2.05) is 11.8 Å². The first kappa shape index (κ1) is 11.9. The summed E-state index contributed by atoms with van der Waals surface area (Å²) in [5.74, 6) is 1.70. The summed E-state index contributed by atoms with van der Waals surface area (Å²) in [5, 5.41) is 6.75. The van der Waals surface area contributed by atoms with Crippen molar-refractivity contribution in [1.82, 2.24) is 20.4 Å². The molecular weight excluding hydrogens is 220 g/mol. The molecular formula is C11H18N4O2. The van der Waals surface area contributed by atoms with Crippen molar-refractivity contribution in [2.75, 3.05) is 19.6 Å². The van der Waals surface area contributed by atoms with Crippen molar-refractivity contribution in [3.05, 3.63) is 11.7 Å². The van der Waals surface area contributed by atoms with E-state index in [1.165, 1.54) is 0 Å². The average Bonchev–Trinajstić information content (AvgIpc) is 2.76.